The summed E-state index contributed by atoms with van der Waals surface area (Å²) in [6, 6.07) is 14.7. The molecule has 4 aromatic rings. The summed E-state index contributed by atoms with van der Waals surface area (Å²) in [6.07, 6.45) is 77.6. The Morgan fingerprint density at radius 1 is 0.236 bits per heavy atom. The summed E-state index contributed by atoms with van der Waals surface area (Å²) in [7, 11) is 0. The molecule has 0 radical (unpaired) electrons. The van der Waals surface area contributed by atoms with E-state index in [1.807, 2.05) is 24.3 Å². The van der Waals surface area contributed by atoms with E-state index < -0.39 is 11.9 Å². The number of hydrogen-bond donors (Lipinski definition) is 0. The van der Waals surface area contributed by atoms with E-state index in [1.165, 1.54) is 308 Å². The molecule has 4 rings (SSSR count). The number of unbranched alkanes of at least 4 members (excludes halogenated alkanes) is 54. The number of esters is 2. The number of rotatable bonds is 79. The van der Waals surface area contributed by atoms with Gasteiger partial charge in [-0.1, -0.05) is 388 Å². The van der Waals surface area contributed by atoms with Gasteiger partial charge in [-0.3, -0.25) is 9.97 Å². The first-order valence-corrected chi connectivity index (χ1v) is 46.7. The first-order valence-electron chi connectivity index (χ1n) is 46.7. The van der Waals surface area contributed by atoms with Gasteiger partial charge in [0.2, 0.25) is 11.5 Å². The molecule has 2 aromatic carbocycles. The first kappa shape index (κ1) is 96.8. The Labute approximate surface area is 674 Å². The fourth-order valence-electron chi connectivity index (χ4n) is 14.6. The van der Waals surface area contributed by atoms with Crippen LogP contribution in [0.3, 0.4) is 0 Å². The average molecular weight is 1530 g/mol. The maximum Gasteiger partial charge on any atom is 0.338 e. The molecule has 0 amide bonds. The Morgan fingerprint density at radius 3 is 0.618 bits per heavy atom. The van der Waals surface area contributed by atoms with Gasteiger partial charge in [0.05, 0.1) is 62.2 Å². The molecule has 626 valence electrons. The van der Waals surface area contributed by atoms with E-state index in [0.717, 1.165) is 88.2 Å². The normalized spacial score (nSPS) is 11.4. The van der Waals surface area contributed by atoms with Crippen LogP contribution in [0.1, 0.15) is 459 Å². The molecule has 0 bridgehead atoms. The van der Waals surface area contributed by atoms with E-state index in [1.54, 1.807) is 36.7 Å². The summed E-state index contributed by atoms with van der Waals surface area (Å²) in [5.41, 5.74) is 3.42. The minimum absolute atomic E-state index is 0.00525. The Hall–Kier alpha value is -5.52. The average Bonchev–Trinajstić information content (AvgIpc) is 0.821. The maximum absolute atomic E-state index is 14.4. The summed E-state index contributed by atoms with van der Waals surface area (Å²) >= 11 is 0. The van der Waals surface area contributed by atoms with Crippen LogP contribution in [0.2, 0.25) is 0 Å². The highest BCUT2D eigenvalue weighted by atomic mass is 16.6. The molecule has 0 saturated heterocycles. The third kappa shape index (κ3) is 49.2. The zero-order valence-electron chi connectivity index (χ0n) is 71.8. The highest BCUT2D eigenvalue weighted by Gasteiger charge is 2.23. The number of ether oxygens (including phenoxy) is 8. The van der Waals surface area contributed by atoms with Gasteiger partial charge in [-0.25, -0.2) is 9.59 Å². The van der Waals surface area contributed by atoms with Gasteiger partial charge >= 0.3 is 11.9 Å². The molecular weight excluding hydrogens is 1370 g/mol. The van der Waals surface area contributed by atoms with Gasteiger partial charge in [0, 0.05) is 12.4 Å². The number of pyridine rings is 2. The molecule has 0 aliphatic carbocycles. The molecule has 0 N–H and O–H groups in total. The second-order valence-electron chi connectivity index (χ2n) is 32.0. The van der Waals surface area contributed by atoms with Crippen molar-refractivity contribution in [1.82, 2.24) is 9.97 Å². The monoisotopic (exact) mass is 1530 g/mol. The van der Waals surface area contributed by atoms with Crippen molar-refractivity contribution in [3.05, 3.63) is 83.2 Å². The van der Waals surface area contributed by atoms with Crippen LogP contribution < -0.4 is 28.4 Å². The van der Waals surface area contributed by atoms with E-state index >= 15 is 0 Å². The van der Waals surface area contributed by atoms with E-state index in [4.69, 9.17) is 47.9 Å². The number of carbonyl (C=O) groups is 2. The molecule has 12 nitrogen and oxygen atoms in total. The van der Waals surface area contributed by atoms with Crippen molar-refractivity contribution < 1.29 is 47.5 Å². The van der Waals surface area contributed by atoms with Gasteiger partial charge in [0.15, 0.2) is 23.0 Å². The van der Waals surface area contributed by atoms with Gasteiger partial charge in [0.1, 0.15) is 13.2 Å². The lowest BCUT2D eigenvalue weighted by atomic mass is 10.1. The Balaban J connectivity index is 1.52. The number of nitrogens with zero attached hydrogens (tertiary/aromatic N) is 2. The number of benzene rings is 2. The van der Waals surface area contributed by atoms with E-state index in [-0.39, 0.29) is 13.2 Å². The van der Waals surface area contributed by atoms with Crippen molar-refractivity contribution in [2.45, 2.75) is 440 Å². The van der Waals surface area contributed by atoms with Crippen LogP contribution in [-0.4, -0.2) is 61.5 Å². The third-order valence-corrected chi connectivity index (χ3v) is 21.7. The molecule has 0 atom stereocenters. The Kier molecular flexibility index (Phi) is 61.7. The van der Waals surface area contributed by atoms with Gasteiger partial charge in [0.25, 0.3) is 0 Å². The van der Waals surface area contributed by atoms with Crippen molar-refractivity contribution in [3.8, 4) is 45.9 Å². The molecule has 0 saturated carbocycles. The molecule has 0 fully saturated rings. The van der Waals surface area contributed by atoms with Crippen LogP contribution in [-0.2, 0) is 22.7 Å². The smallest absolute Gasteiger partial charge is 0.338 e. The number of carbonyl (C=O) groups excluding carboxylic acids is 2. The fraction of sp³-hybridized carbons (Fsp3) is 0.755. The molecule has 0 aliphatic rings. The zero-order valence-corrected chi connectivity index (χ0v) is 71.8. The summed E-state index contributed by atoms with van der Waals surface area (Å²) in [6.45, 7) is 16.8. The minimum Gasteiger partial charge on any atom is -0.490 e. The maximum atomic E-state index is 14.4. The summed E-state index contributed by atoms with van der Waals surface area (Å²) < 4.78 is 52.2. The van der Waals surface area contributed by atoms with Crippen LogP contribution in [0, 0.1) is 0 Å². The van der Waals surface area contributed by atoms with Crippen LogP contribution in [0.4, 0.5) is 0 Å². The summed E-state index contributed by atoms with van der Waals surface area (Å²) in [4.78, 5) is 38.3. The lowest BCUT2D eigenvalue weighted by Crippen LogP contribution is -2.10. The Morgan fingerprint density at radius 2 is 0.418 bits per heavy atom. The van der Waals surface area contributed by atoms with Crippen molar-refractivity contribution >= 4 is 11.9 Å². The van der Waals surface area contributed by atoms with E-state index in [2.05, 4.69) is 41.5 Å². The van der Waals surface area contributed by atoms with Crippen molar-refractivity contribution in [2.24, 2.45) is 0 Å². The molecule has 0 unspecified atom stereocenters. The molecular formula is C98H164N2O10. The molecule has 2 aromatic heterocycles. The summed E-state index contributed by atoms with van der Waals surface area (Å²) in [5, 5.41) is 0. The van der Waals surface area contributed by atoms with Crippen LogP contribution >= 0.6 is 0 Å². The van der Waals surface area contributed by atoms with E-state index in [9.17, 15) is 9.59 Å². The van der Waals surface area contributed by atoms with Gasteiger partial charge in [-0.15, -0.1) is 0 Å². The van der Waals surface area contributed by atoms with Crippen LogP contribution in [0.15, 0.2) is 60.9 Å². The second kappa shape index (κ2) is 70.1. The lowest BCUT2D eigenvalue weighted by Gasteiger charge is -2.19. The second-order valence-corrected chi connectivity index (χ2v) is 32.0. The van der Waals surface area contributed by atoms with Crippen LogP contribution in [0.5, 0.6) is 34.5 Å². The minimum atomic E-state index is -0.480. The molecule has 12 heteroatoms. The number of hydrogen-bond acceptors (Lipinski definition) is 12. The zero-order chi connectivity index (χ0) is 78.3. The molecule has 2 heterocycles. The highest BCUT2D eigenvalue weighted by Crippen LogP contribution is 2.42. The predicted octanol–water partition coefficient (Wildman–Crippen LogP) is 30.7. The van der Waals surface area contributed by atoms with E-state index in [0.29, 0.717) is 96.7 Å². The standard InChI is InChI=1S/C98H164N2O10/c1-7-13-19-25-31-37-43-49-55-61-71-103-91-79-87(80-92(104-72-62-56-50-44-38-32-26-20-14-8-2)95(91)107-75-65-59-53-47-41-35-29-23-17-11-5)97(101)109-83-85-67-69-99-89(77-85)90-78-86(68-70-100-90)84-110-98(102)88-81-93(105-73-63-57-51-45-39-33-27-21-15-9-3)96(108-76-66-60-54-48-42-36-30-24-18-12-6)94(82-88)106-74-64-58-52-46-40-34-28-22-16-10-4/h67-70,77-82H,7-66,71-76,83-84H2,1-6H3. The van der Waals surface area contributed by atoms with Gasteiger partial charge < -0.3 is 37.9 Å². The van der Waals surface area contributed by atoms with Gasteiger partial charge in [-0.05, 0) is 98.2 Å². The topological polar surface area (TPSA) is 134 Å². The predicted molar refractivity (Wildman–Crippen MR) is 463 cm³/mol. The van der Waals surface area contributed by atoms with Crippen molar-refractivity contribution in [2.75, 3.05) is 39.6 Å². The molecule has 0 aliphatic heterocycles. The van der Waals surface area contributed by atoms with Gasteiger partial charge in [-0.2, -0.15) is 0 Å². The molecule has 110 heavy (non-hydrogen) atoms. The third-order valence-electron chi connectivity index (χ3n) is 21.7. The largest absolute Gasteiger partial charge is 0.490 e. The highest BCUT2D eigenvalue weighted by molar-refractivity contribution is 5.92. The summed E-state index contributed by atoms with van der Waals surface area (Å²) in [5.74, 6) is 2.32. The van der Waals surface area contributed by atoms with Crippen molar-refractivity contribution in [1.29, 1.82) is 0 Å². The lowest BCUT2D eigenvalue weighted by molar-refractivity contribution is 0.0462. The molecule has 0 spiro atoms. The fourth-order valence-corrected chi connectivity index (χ4v) is 14.6. The Bertz CT molecular complexity index is 2520. The van der Waals surface area contributed by atoms with Crippen LogP contribution in [0.25, 0.3) is 11.4 Å². The SMILES string of the molecule is CCCCCCCCCCCCOc1cc(C(=O)OCc2ccnc(-c3cc(COC(=O)c4cc(OCCCCCCCCCCCC)c(OCCCCCCCCCCCC)c(OCCCCCCCCCCCC)c4)ccn3)c2)cc(OCCCCCCCCCCCC)c1OCCCCCCCCCCCC. The quantitative estimate of drug-likeness (QED) is 0.0308. The van der Waals surface area contributed by atoms with Crippen molar-refractivity contribution in [3.63, 3.8) is 0 Å². The first-order chi connectivity index (χ1) is 54.3. The number of aromatic nitrogens is 2.